The first-order valence-corrected chi connectivity index (χ1v) is 8.66. The number of nitrogens with zero attached hydrogens (tertiary/aromatic N) is 1. The van der Waals surface area contributed by atoms with Crippen LogP contribution in [0.1, 0.15) is 19.3 Å². The zero-order valence-corrected chi connectivity index (χ0v) is 14.5. The van der Waals surface area contributed by atoms with Crippen molar-refractivity contribution in [2.24, 2.45) is 0 Å². The third-order valence-corrected chi connectivity index (χ3v) is 4.28. The molecule has 0 saturated carbocycles. The molecular formula is C20H24N2O3. The lowest BCUT2D eigenvalue weighted by Crippen LogP contribution is -2.18. The minimum atomic E-state index is -0.0533. The van der Waals surface area contributed by atoms with Gasteiger partial charge in [0.25, 0.3) is 0 Å². The van der Waals surface area contributed by atoms with E-state index in [4.69, 9.17) is 9.47 Å². The molecule has 1 saturated heterocycles. The molecule has 0 radical (unpaired) electrons. The van der Waals surface area contributed by atoms with Gasteiger partial charge in [-0.3, -0.25) is 4.79 Å². The molecule has 2 aromatic rings. The van der Waals surface area contributed by atoms with Crippen molar-refractivity contribution in [1.29, 1.82) is 0 Å². The smallest absolute Gasteiger partial charge is 0.227 e. The fourth-order valence-corrected chi connectivity index (χ4v) is 2.89. The number of amides is 1. The molecule has 1 N–H and O–H groups in total. The molecule has 2 aromatic carbocycles. The van der Waals surface area contributed by atoms with Gasteiger partial charge in [0.05, 0.1) is 20.1 Å². The quantitative estimate of drug-likeness (QED) is 0.835. The minimum absolute atomic E-state index is 0.0533. The molecule has 1 heterocycles. The van der Waals surface area contributed by atoms with E-state index in [0.717, 1.165) is 30.3 Å². The second-order valence-electron chi connectivity index (χ2n) is 6.06. The highest BCUT2D eigenvalue weighted by Crippen LogP contribution is 2.22. The molecule has 0 aliphatic carbocycles. The van der Waals surface area contributed by atoms with E-state index in [-0.39, 0.29) is 5.91 Å². The van der Waals surface area contributed by atoms with E-state index in [1.165, 1.54) is 18.5 Å². The number of nitrogens with one attached hydrogen (secondary N) is 1. The topological polar surface area (TPSA) is 50.8 Å². The van der Waals surface area contributed by atoms with Crippen molar-refractivity contribution in [3.8, 4) is 11.5 Å². The maximum absolute atomic E-state index is 12.0. The van der Waals surface area contributed by atoms with Crippen LogP contribution in [0.3, 0.4) is 0 Å². The number of rotatable bonds is 7. The third kappa shape index (κ3) is 4.89. The molecule has 132 valence electrons. The number of ether oxygens (including phenoxy) is 2. The average molecular weight is 340 g/mol. The van der Waals surface area contributed by atoms with Crippen LogP contribution in [0.5, 0.6) is 11.5 Å². The average Bonchev–Trinajstić information content (AvgIpc) is 3.18. The molecule has 5 heteroatoms. The van der Waals surface area contributed by atoms with Gasteiger partial charge in [-0.2, -0.15) is 0 Å². The standard InChI is InChI=1S/C20H24N2O3/c1-24-18-8-10-19(11-9-18)25-15-12-20(23)21-16-4-6-17(7-5-16)22-13-2-3-14-22/h4-11H,2-3,12-15H2,1H3,(H,21,23). The summed E-state index contributed by atoms with van der Waals surface area (Å²) in [6.45, 7) is 2.58. The number of hydrogen-bond donors (Lipinski definition) is 1. The summed E-state index contributed by atoms with van der Waals surface area (Å²) in [6.07, 6.45) is 2.82. The van der Waals surface area contributed by atoms with Gasteiger partial charge in [0.2, 0.25) is 5.91 Å². The van der Waals surface area contributed by atoms with Crippen LogP contribution >= 0.6 is 0 Å². The van der Waals surface area contributed by atoms with Gasteiger partial charge in [-0.05, 0) is 61.4 Å². The van der Waals surface area contributed by atoms with E-state index in [1.54, 1.807) is 7.11 Å². The normalized spacial score (nSPS) is 13.6. The minimum Gasteiger partial charge on any atom is -0.497 e. The lowest BCUT2D eigenvalue weighted by molar-refractivity contribution is -0.116. The molecule has 0 spiro atoms. The van der Waals surface area contributed by atoms with Crippen molar-refractivity contribution in [3.05, 3.63) is 48.5 Å². The van der Waals surface area contributed by atoms with Gasteiger partial charge in [0.1, 0.15) is 11.5 Å². The van der Waals surface area contributed by atoms with Crippen molar-refractivity contribution >= 4 is 17.3 Å². The predicted octanol–water partition coefficient (Wildman–Crippen LogP) is 3.70. The Bertz CT molecular complexity index is 677. The molecule has 25 heavy (non-hydrogen) atoms. The van der Waals surface area contributed by atoms with Crippen LogP contribution in [-0.4, -0.2) is 32.7 Å². The Balaban J connectivity index is 1.42. The van der Waals surface area contributed by atoms with Crippen molar-refractivity contribution in [1.82, 2.24) is 0 Å². The molecule has 1 aliphatic rings. The van der Waals surface area contributed by atoms with Gasteiger partial charge in [-0.15, -0.1) is 0 Å². The van der Waals surface area contributed by atoms with Gasteiger partial charge >= 0.3 is 0 Å². The molecule has 1 amide bonds. The Morgan fingerprint density at radius 2 is 1.64 bits per heavy atom. The Morgan fingerprint density at radius 3 is 2.28 bits per heavy atom. The van der Waals surface area contributed by atoms with Crippen LogP contribution in [0.15, 0.2) is 48.5 Å². The second kappa shape index (κ2) is 8.42. The van der Waals surface area contributed by atoms with Gasteiger partial charge in [0, 0.05) is 24.5 Å². The largest absolute Gasteiger partial charge is 0.497 e. The Labute approximate surface area is 148 Å². The monoisotopic (exact) mass is 340 g/mol. The van der Waals surface area contributed by atoms with Gasteiger partial charge in [-0.1, -0.05) is 0 Å². The number of carbonyl (C=O) groups excluding carboxylic acids is 1. The number of hydrogen-bond acceptors (Lipinski definition) is 4. The summed E-state index contributed by atoms with van der Waals surface area (Å²) < 4.78 is 10.7. The van der Waals surface area contributed by atoms with Crippen LogP contribution in [0.4, 0.5) is 11.4 Å². The maximum Gasteiger partial charge on any atom is 0.227 e. The molecule has 3 rings (SSSR count). The van der Waals surface area contributed by atoms with E-state index in [0.29, 0.717) is 13.0 Å². The first-order valence-electron chi connectivity index (χ1n) is 8.66. The third-order valence-electron chi connectivity index (χ3n) is 4.28. The van der Waals surface area contributed by atoms with Crippen LogP contribution in [-0.2, 0) is 4.79 Å². The lowest BCUT2D eigenvalue weighted by atomic mass is 10.2. The zero-order valence-electron chi connectivity index (χ0n) is 14.5. The molecular weight excluding hydrogens is 316 g/mol. The van der Waals surface area contributed by atoms with E-state index < -0.39 is 0 Å². The van der Waals surface area contributed by atoms with Crippen molar-refractivity contribution in [3.63, 3.8) is 0 Å². The van der Waals surface area contributed by atoms with Gasteiger partial charge < -0.3 is 19.7 Å². The number of benzene rings is 2. The molecule has 0 aromatic heterocycles. The SMILES string of the molecule is COc1ccc(OCCC(=O)Nc2ccc(N3CCCC3)cc2)cc1. The van der Waals surface area contributed by atoms with Crippen LogP contribution in [0.2, 0.25) is 0 Å². The first-order chi connectivity index (χ1) is 12.2. The summed E-state index contributed by atoms with van der Waals surface area (Å²) in [5, 5.41) is 2.91. The summed E-state index contributed by atoms with van der Waals surface area (Å²) in [7, 11) is 1.62. The van der Waals surface area contributed by atoms with Crippen LogP contribution < -0.4 is 19.7 Å². The van der Waals surface area contributed by atoms with Crippen molar-refractivity contribution in [2.75, 3.05) is 37.0 Å². The van der Waals surface area contributed by atoms with E-state index in [1.807, 2.05) is 36.4 Å². The highest BCUT2D eigenvalue weighted by molar-refractivity contribution is 5.90. The molecule has 0 atom stereocenters. The first kappa shape index (κ1) is 17.1. The zero-order chi connectivity index (χ0) is 17.5. The summed E-state index contributed by atoms with van der Waals surface area (Å²) >= 11 is 0. The second-order valence-corrected chi connectivity index (χ2v) is 6.06. The summed E-state index contributed by atoms with van der Waals surface area (Å²) in [5.41, 5.74) is 2.04. The Morgan fingerprint density at radius 1 is 1.00 bits per heavy atom. The molecule has 0 unspecified atom stereocenters. The van der Waals surface area contributed by atoms with E-state index in [2.05, 4.69) is 22.3 Å². The Hall–Kier alpha value is -2.69. The van der Waals surface area contributed by atoms with Crippen LogP contribution in [0.25, 0.3) is 0 Å². The summed E-state index contributed by atoms with van der Waals surface area (Å²) in [5.74, 6) is 1.45. The highest BCUT2D eigenvalue weighted by Gasteiger charge is 2.12. The Kier molecular flexibility index (Phi) is 5.77. The number of carbonyl (C=O) groups is 1. The molecule has 0 bridgehead atoms. The number of methoxy groups -OCH3 is 1. The molecule has 1 fully saturated rings. The lowest BCUT2D eigenvalue weighted by Gasteiger charge is -2.17. The van der Waals surface area contributed by atoms with Crippen molar-refractivity contribution < 1.29 is 14.3 Å². The fourth-order valence-electron chi connectivity index (χ4n) is 2.89. The number of anilines is 2. The highest BCUT2D eigenvalue weighted by atomic mass is 16.5. The molecule has 5 nitrogen and oxygen atoms in total. The van der Waals surface area contributed by atoms with E-state index >= 15 is 0 Å². The van der Waals surface area contributed by atoms with Crippen LogP contribution in [0, 0.1) is 0 Å². The predicted molar refractivity (Wildman–Crippen MR) is 99.6 cm³/mol. The van der Waals surface area contributed by atoms with Gasteiger partial charge in [0.15, 0.2) is 0 Å². The maximum atomic E-state index is 12.0. The molecule has 1 aliphatic heterocycles. The summed E-state index contributed by atoms with van der Waals surface area (Å²) in [4.78, 5) is 14.4. The summed E-state index contributed by atoms with van der Waals surface area (Å²) in [6, 6.07) is 15.4. The van der Waals surface area contributed by atoms with Gasteiger partial charge in [-0.25, -0.2) is 0 Å². The van der Waals surface area contributed by atoms with E-state index in [9.17, 15) is 4.79 Å². The fraction of sp³-hybridized carbons (Fsp3) is 0.350. The van der Waals surface area contributed by atoms with Crippen molar-refractivity contribution in [2.45, 2.75) is 19.3 Å².